The van der Waals surface area contributed by atoms with Crippen molar-refractivity contribution in [2.45, 2.75) is 12.8 Å². The fourth-order valence-electron chi connectivity index (χ4n) is 2.77. The predicted octanol–water partition coefficient (Wildman–Crippen LogP) is 3.97. The van der Waals surface area contributed by atoms with Crippen molar-refractivity contribution in [1.82, 2.24) is 10.9 Å². The number of nitrogens with one attached hydrogen (secondary N) is 2. The van der Waals surface area contributed by atoms with E-state index in [1.54, 1.807) is 44.6 Å². The molecule has 0 aliphatic rings. The number of rotatable bonds is 7. The van der Waals surface area contributed by atoms with Crippen molar-refractivity contribution in [3.8, 4) is 21.9 Å². The molecule has 6 nitrogen and oxygen atoms in total. The molecule has 0 unspecified atom stereocenters. The van der Waals surface area contributed by atoms with E-state index in [4.69, 9.17) is 9.47 Å². The highest BCUT2D eigenvalue weighted by atomic mass is 32.1. The summed E-state index contributed by atoms with van der Waals surface area (Å²) in [4.78, 5) is 25.6. The van der Waals surface area contributed by atoms with E-state index in [1.165, 1.54) is 23.5 Å². The van der Waals surface area contributed by atoms with Gasteiger partial charge in [0, 0.05) is 11.3 Å². The number of halogens is 1. The molecule has 0 aliphatic heterocycles. The summed E-state index contributed by atoms with van der Waals surface area (Å²) in [5, 5.41) is 0. The first-order chi connectivity index (χ1) is 14.5. The molecule has 2 aromatic carbocycles. The summed E-state index contributed by atoms with van der Waals surface area (Å²) in [5.41, 5.74) is 6.57. The summed E-state index contributed by atoms with van der Waals surface area (Å²) in [6.45, 7) is 0. The summed E-state index contributed by atoms with van der Waals surface area (Å²) in [5.74, 6) is 0.178. The van der Waals surface area contributed by atoms with E-state index in [0.29, 0.717) is 22.8 Å². The van der Waals surface area contributed by atoms with Gasteiger partial charge in [-0.15, -0.1) is 11.3 Å². The number of carbonyl (C=O) groups excluding carboxylic acids is 2. The van der Waals surface area contributed by atoms with E-state index in [2.05, 4.69) is 10.9 Å². The van der Waals surface area contributed by atoms with Gasteiger partial charge in [-0.3, -0.25) is 20.4 Å². The number of hydrazine groups is 1. The van der Waals surface area contributed by atoms with Gasteiger partial charge in [0.2, 0.25) is 5.91 Å². The van der Waals surface area contributed by atoms with Crippen molar-refractivity contribution >= 4 is 23.2 Å². The summed E-state index contributed by atoms with van der Waals surface area (Å²) >= 11 is 1.26. The lowest BCUT2D eigenvalue weighted by Gasteiger charge is -2.10. The van der Waals surface area contributed by atoms with Crippen LogP contribution in [0.3, 0.4) is 0 Å². The number of thiophene rings is 1. The molecular formula is C22H21FN2O4S. The number of amides is 2. The van der Waals surface area contributed by atoms with E-state index in [-0.39, 0.29) is 18.1 Å². The molecule has 0 atom stereocenters. The van der Waals surface area contributed by atoms with Gasteiger partial charge < -0.3 is 9.47 Å². The monoisotopic (exact) mass is 428 g/mol. The smallest absolute Gasteiger partial charge is 0.279 e. The van der Waals surface area contributed by atoms with Crippen LogP contribution in [-0.2, 0) is 11.2 Å². The average molecular weight is 428 g/mol. The Hall–Kier alpha value is -3.39. The van der Waals surface area contributed by atoms with Crippen LogP contribution in [0.5, 0.6) is 11.5 Å². The molecule has 0 spiro atoms. The van der Waals surface area contributed by atoms with Crippen LogP contribution in [0.4, 0.5) is 4.39 Å². The zero-order chi connectivity index (χ0) is 21.5. The van der Waals surface area contributed by atoms with Crippen LogP contribution >= 0.6 is 11.3 Å². The van der Waals surface area contributed by atoms with E-state index in [9.17, 15) is 14.0 Å². The number of methoxy groups -OCH3 is 2. The Bertz CT molecular complexity index is 1030. The van der Waals surface area contributed by atoms with Gasteiger partial charge in [0.25, 0.3) is 5.91 Å². The quantitative estimate of drug-likeness (QED) is 0.559. The van der Waals surface area contributed by atoms with Gasteiger partial charge in [-0.05, 0) is 53.9 Å². The molecule has 2 amide bonds. The topological polar surface area (TPSA) is 76.7 Å². The Balaban J connectivity index is 1.50. The van der Waals surface area contributed by atoms with E-state index in [0.717, 1.165) is 16.0 Å². The van der Waals surface area contributed by atoms with Gasteiger partial charge in [0.1, 0.15) is 5.82 Å². The van der Waals surface area contributed by atoms with Crippen LogP contribution in [0, 0.1) is 5.82 Å². The van der Waals surface area contributed by atoms with Crippen LogP contribution in [0.2, 0.25) is 0 Å². The minimum Gasteiger partial charge on any atom is -0.493 e. The normalized spacial score (nSPS) is 10.4. The third kappa shape index (κ3) is 5.36. The number of hydrogen-bond acceptors (Lipinski definition) is 5. The molecule has 0 radical (unpaired) electrons. The lowest BCUT2D eigenvalue weighted by atomic mass is 10.1. The van der Waals surface area contributed by atoms with Gasteiger partial charge in [0.15, 0.2) is 11.5 Å². The van der Waals surface area contributed by atoms with Crippen molar-refractivity contribution in [3.63, 3.8) is 0 Å². The second-order valence-corrected chi connectivity index (χ2v) is 7.45. The Labute approximate surface area is 177 Å². The van der Waals surface area contributed by atoms with Crippen LogP contribution < -0.4 is 20.3 Å². The molecular weight excluding hydrogens is 407 g/mol. The third-order valence-electron chi connectivity index (χ3n) is 4.36. The molecule has 8 heteroatoms. The molecule has 30 heavy (non-hydrogen) atoms. The van der Waals surface area contributed by atoms with Crippen molar-refractivity contribution < 1.29 is 23.5 Å². The lowest BCUT2D eigenvalue weighted by molar-refractivity contribution is -0.121. The molecule has 0 saturated carbocycles. The van der Waals surface area contributed by atoms with Crippen molar-refractivity contribution in [3.05, 3.63) is 70.9 Å². The van der Waals surface area contributed by atoms with E-state index >= 15 is 0 Å². The molecule has 1 heterocycles. The highest BCUT2D eigenvalue weighted by Gasteiger charge is 2.12. The molecule has 3 aromatic rings. The Morgan fingerprint density at radius 1 is 0.933 bits per heavy atom. The summed E-state index contributed by atoms with van der Waals surface area (Å²) in [6.07, 6.45) is 0.677. The van der Waals surface area contributed by atoms with Crippen LogP contribution in [0.15, 0.2) is 54.6 Å². The first kappa shape index (κ1) is 21.3. The zero-order valence-electron chi connectivity index (χ0n) is 16.5. The van der Waals surface area contributed by atoms with E-state index in [1.807, 2.05) is 12.1 Å². The van der Waals surface area contributed by atoms with Crippen molar-refractivity contribution in [2.24, 2.45) is 0 Å². The lowest BCUT2D eigenvalue weighted by Crippen LogP contribution is -2.41. The van der Waals surface area contributed by atoms with Gasteiger partial charge in [-0.2, -0.15) is 0 Å². The minimum absolute atomic E-state index is 0.195. The maximum Gasteiger partial charge on any atom is 0.279 e. The third-order valence-corrected chi connectivity index (χ3v) is 5.50. The molecule has 3 rings (SSSR count). The first-order valence-electron chi connectivity index (χ1n) is 9.16. The number of ether oxygens (including phenoxy) is 2. The van der Waals surface area contributed by atoms with Crippen molar-refractivity contribution in [1.29, 1.82) is 0 Å². The highest BCUT2D eigenvalue weighted by molar-refractivity contribution is 7.17. The fourth-order valence-corrected chi connectivity index (χ4v) is 3.68. The maximum atomic E-state index is 13.0. The molecule has 0 saturated heterocycles. The van der Waals surface area contributed by atoms with Gasteiger partial charge in [0.05, 0.1) is 19.1 Å². The van der Waals surface area contributed by atoms with Gasteiger partial charge in [-0.1, -0.05) is 18.2 Å². The molecule has 0 bridgehead atoms. The number of carbonyl (C=O) groups is 2. The van der Waals surface area contributed by atoms with Crippen LogP contribution in [-0.4, -0.2) is 26.0 Å². The number of aryl methyl sites for hydroxylation is 1. The van der Waals surface area contributed by atoms with E-state index < -0.39 is 5.91 Å². The van der Waals surface area contributed by atoms with Gasteiger partial charge in [-0.25, -0.2) is 4.39 Å². The Morgan fingerprint density at radius 3 is 2.37 bits per heavy atom. The summed E-state index contributed by atoms with van der Waals surface area (Å²) in [6, 6.07) is 14.9. The second-order valence-electron chi connectivity index (χ2n) is 6.36. The molecule has 0 fully saturated rings. The molecule has 156 valence electrons. The highest BCUT2D eigenvalue weighted by Crippen LogP contribution is 2.29. The maximum absolute atomic E-state index is 13.0. The van der Waals surface area contributed by atoms with Crippen molar-refractivity contribution in [2.75, 3.05) is 14.2 Å². The predicted molar refractivity (Wildman–Crippen MR) is 113 cm³/mol. The molecule has 2 N–H and O–H groups in total. The Kier molecular flexibility index (Phi) is 7.03. The van der Waals surface area contributed by atoms with Crippen LogP contribution in [0.1, 0.15) is 21.7 Å². The van der Waals surface area contributed by atoms with Crippen LogP contribution in [0.25, 0.3) is 10.4 Å². The minimum atomic E-state index is -0.409. The summed E-state index contributed by atoms with van der Waals surface area (Å²) < 4.78 is 23.5. The zero-order valence-corrected chi connectivity index (χ0v) is 17.3. The fraction of sp³-hybridized carbons (Fsp3) is 0.182. The molecule has 1 aromatic heterocycles. The summed E-state index contributed by atoms with van der Waals surface area (Å²) in [7, 11) is 3.11. The number of benzene rings is 2. The SMILES string of the molecule is COc1ccc(CCC(=O)NNC(=O)c2ccc(-c3ccc(F)cc3)s2)cc1OC. The first-order valence-corrected chi connectivity index (χ1v) is 9.97. The average Bonchev–Trinajstić information content (AvgIpc) is 3.26. The second kappa shape index (κ2) is 9.89. The molecule has 0 aliphatic carbocycles. The number of hydrogen-bond donors (Lipinski definition) is 2. The Morgan fingerprint density at radius 2 is 1.67 bits per heavy atom. The standard InChI is InChI=1S/C22H21FN2O4S/c1-28-17-9-3-14(13-18(17)29-2)4-12-21(26)24-25-22(27)20-11-10-19(30-20)15-5-7-16(23)8-6-15/h3,5-11,13H,4,12H2,1-2H3,(H,24,26)(H,25,27). The van der Waals surface area contributed by atoms with Gasteiger partial charge >= 0.3 is 0 Å². The largest absolute Gasteiger partial charge is 0.493 e.